The summed E-state index contributed by atoms with van der Waals surface area (Å²) in [4.78, 5) is 27.3. The van der Waals surface area contributed by atoms with Gasteiger partial charge in [0.05, 0.1) is 11.1 Å². The van der Waals surface area contributed by atoms with Crippen LogP contribution in [-0.4, -0.2) is 34.6 Å². The van der Waals surface area contributed by atoms with E-state index in [1.165, 1.54) is 17.4 Å². The van der Waals surface area contributed by atoms with Crippen LogP contribution < -0.4 is 20.8 Å². The number of carboxylic acids is 1. The van der Waals surface area contributed by atoms with Crippen molar-refractivity contribution in [1.29, 1.82) is 0 Å². The molecule has 1 aliphatic carbocycles. The van der Waals surface area contributed by atoms with E-state index in [4.69, 9.17) is 10.5 Å². The highest BCUT2D eigenvalue weighted by Gasteiger charge is 2.44. The van der Waals surface area contributed by atoms with E-state index >= 15 is 4.39 Å². The third kappa shape index (κ3) is 2.75. The van der Waals surface area contributed by atoms with Crippen molar-refractivity contribution in [2.24, 2.45) is 29.4 Å². The molecule has 3 aliphatic rings. The van der Waals surface area contributed by atoms with Crippen molar-refractivity contribution in [3.8, 4) is 5.75 Å². The Morgan fingerprint density at radius 1 is 1.30 bits per heavy atom. The van der Waals surface area contributed by atoms with Crippen molar-refractivity contribution >= 4 is 38.7 Å². The van der Waals surface area contributed by atoms with Gasteiger partial charge in [0.15, 0.2) is 11.6 Å². The Hall–Kier alpha value is -2.91. The quantitative estimate of drug-likeness (QED) is 0.570. The van der Waals surface area contributed by atoms with Crippen LogP contribution in [0, 0.1) is 29.5 Å². The van der Waals surface area contributed by atoms with Gasteiger partial charge in [-0.2, -0.15) is 0 Å². The number of nitrogens with zero attached hydrogens (tertiary/aromatic N) is 2. The van der Waals surface area contributed by atoms with Crippen molar-refractivity contribution in [1.82, 2.24) is 4.40 Å². The van der Waals surface area contributed by atoms with Gasteiger partial charge < -0.3 is 20.5 Å². The number of halogens is 1. The van der Waals surface area contributed by atoms with Crippen LogP contribution in [0.1, 0.15) is 29.9 Å². The summed E-state index contributed by atoms with van der Waals surface area (Å²) in [5.41, 5.74) is 6.92. The molecule has 0 saturated carbocycles. The number of anilines is 1. The molecular formula is C24H24FN3O4S. The maximum Gasteiger partial charge on any atom is 0.342 e. The molecule has 0 amide bonds. The van der Waals surface area contributed by atoms with E-state index in [2.05, 4.69) is 26.0 Å². The Morgan fingerprint density at radius 2 is 2.06 bits per heavy atom. The minimum absolute atomic E-state index is 0.0236. The Bertz CT molecular complexity index is 1430. The van der Waals surface area contributed by atoms with Gasteiger partial charge in [0.25, 0.3) is 0 Å². The summed E-state index contributed by atoms with van der Waals surface area (Å²) < 4.78 is 23.4. The molecule has 2 aliphatic heterocycles. The third-order valence-electron chi connectivity index (χ3n) is 7.51. The fraction of sp³-hybridized carbons (Fsp3) is 0.417. The van der Waals surface area contributed by atoms with E-state index < -0.39 is 17.2 Å². The first-order valence-corrected chi connectivity index (χ1v) is 12.0. The topological polar surface area (TPSA) is 97.3 Å². The number of rotatable bonds is 3. The van der Waals surface area contributed by atoms with Crippen LogP contribution in [0.25, 0.3) is 15.7 Å². The highest BCUT2D eigenvalue weighted by molar-refractivity contribution is 7.16. The first kappa shape index (κ1) is 20.7. The predicted molar refractivity (Wildman–Crippen MR) is 125 cm³/mol. The first-order valence-electron chi connectivity index (χ1n) is 11.1. The molecule has 0 spiro atoms. The normalized spacial score (nSPS) is 25.9. The van der Waals surface area contributed by atoms with Crippen LogP contribution in [-0.2, 0) is 6.61 Å². The zero-order valence-electron chi connectivity index (χ0n) is 18.2. The Balaban J connectivity index is 1.57. The fourth-order valence-corrected chi connectivity index (χ4v) is 7.02. The van der Waals surface area contributed by atoms with Crippen LogP contribution in [0.3, 0.4) is 0 Å². The predicted octanol–water partition coefficient (Wildman–Crippen LogP) is 3.47. The van der Waals surface area contributed by atoms with E-state index in [1.807, 2.05) is 4.90 Å². The molecule has 6 rings (SSSR count). The molecule has 4 unspecified atom stereocenters. The van der Waals surface area contributed by atoms with Crippen LogP contribution in [0.15, 0.2) is 28.4 Å². The first-order chi connectivity index (χ1) is 15.8. The molecule has 4 heterocycles. The molecule has 1 saturated heterocycles. The van der Waals surface area contributed by atoms with E-state index in [1.54, 1.807) is 9.78 Å². The van der Waals surface area contributed by atoms with Crippen molar-refractivity contribution in [2.75, 3.05) is 18.0 Å². The summed E-state index contributed by atoms with van der Waals surface area (Å²) >= 11 is 1.19. The third-order valence-corrected chi connectivity index (χ3v) is 8.51. The highest BCUT2D eigenvalue weighted by Crippen LogP contribution is 2.47. The molecule has 4 atom stereocenters. The van der Waals surface area contributed by atoms with Crippen molar-refractivity contribution < 1.29 is 19.0 Å². The number of nitrogens with two attached hydrogens (primary N) is 1. The fourth-order valence-electron chi connectivity index (χ4n) is 5.98. The zero-order valence-corrected chi connectivity index (χ0v) is 19.1. The summed E-state index contributed by atoms with van der Waals surface area (Å²) in [6.45, 7) is 5.80. The molecule has 1 aromatic carbocycles. The van der Waals surface area contributed by atoms with Crippen LogP contribution >= 0.6 is 11.3 Å². The Kier molecular flexibility index (Phi) is 4.41. The van der Waals surface area contributed by atoms with E-state index in [0.717, 1.165) is 5.69 Å². The molecule has 1 fully saturated rings. The Morgan fingerprint density at radius 3 is 2.79 bits per heavy atom. The van der Waals surface area contributed by atoms with Gasteiger partial charge in [-0.05, 0) is 23.8 Å². The van der Waals surface area contributed by atoms with E-state index in [9.17, 15) is 14.7 Å². The molecule has 0 radical (unpaired) electrons. The maximum absolute atomic E-state index is 15.6. The Labute approximate surface area is 192 Å². The van der Waals surface area contributed by atoms with Gasteiger partial charge in [-0.25, -0.2) is 9.18 Å². The molecule has 7 nitrogen and oxygen atoms in total. The molecule has 3 N–H and O–H groups in total. The number of allylic oxidation sites excluding steroid dienone is 1. The number of aromatic nitrogens is 1. The van der Waals surface area contributed by atoms with Gasteiger partial charge in [0.2, 0.25) is 5.43 Å². The van der Waals surface area contributed by atoms with Crippen LogP contribution in [0.4, 0.5) is 10.1 Å². The summed E-state index contributed by atoms with van der Waals surface area (Å²) in [5, 5.41) is 11.5. The average molecular weight is 470 g/mol. The van der Waals surface area contributed by atoms with Crippen molar-refractivity contribution in [3.05, 3.63) is 50.9 Å². The van der Waals surface area contributed by atoms with Gasteiger partial charge in [0, 0.05) is 30.4 Å². The number of pyridine rings is 1. The van der Waals surface area contributed by atoms with E-state index in [0.29, 0.717) is 52.6 Å². The summed E-state index contributed by atoms with van der Waals surface area (Å²) in [6.07, 6.45) is 4.27. The number of thiazole rings is 1. The second kappa shape index (κ2) is 7.04. The van der Waals surface area contributed by atoms with Gasteiger partial charge in [0.1, 0.15) is 28.2 Å². The van der Waals surface area contributed by atoms with Gasteiger partial charge >= 0.3 is 5.97 Å². The zero-order chi connectivity index (χ0) is 23.2. The van der Waals surface area contributed by atoms with Gasteiger partial charge in [-0.3, -0.25) is 9.20 Å². The standard InChI is InChI=1S/C24H24FN3O4S/c1-10(2)12-3-4-17(26)15-7-27(6-14(12)15)20-16(25)5-13-19-22(20)32-8-11-9-33-23(28(11)19)18(21(13)29)24(30)31/h3-5,9-10,12,14-15,17H,6-8,26H2,1-2H3,(H,30,31). The molecule has 33 heavy (non-hydrogen) atoms. The SMILES string of the molecule is CC(C)C1C=CC(N)C2CN(c3c(F)cc4c(=O)c(C(=O)O)c5scc6n5c4c3OC6)CC12. The lowest BCUT2D eigenvalue weighted by molar-refractivity contribution is 0.0697. The second-order valence-electron chi connectivity index (χ2n) is 9.61. The molecule has 3 aromatic rings. The van der Waals surface area contributed by atoms with Crippen LogP contribution in [0.2, 0.25) is 0 Å². The number of ether oxygens (including phenoxy) is 1. The minimum atomic E-state index is -1.31. The minimum Gasteiger partial charge on any atom is -0.483 e. The number of benzene rings is 1. The second-order valence-corrected chi connectivity index (χ2v) is 10.5. The smallest absolute Gasteiger partial charge is 0.342 e. The van der Waals surface area contributed by atoms with Crippen molar-refractivity contribution in [2.45, 2.75) is 26.5 Å². The van der Waals surface area contributed by atoms with Gasteiger partial charge in [-0.15, -0.1) is 11.3 Å². The summed E-state index contributed by atoms with van der Waals surface area (Å²) in [6, 6.07) is 1.08. The summed E-state index contributed by atoms with van der Waals surface area (Å²) in [5.74, 6) is -0.293. The lowest BCUT2D eigenvalue weighted by Gasteiger charge is -2.34. The lowest BCUT2D eigenvalue weighted by Crippen LogP contribution is -2.40. The monoisotopic (exact) mass is 469 g/mol. The van der Waals surface area contributed by atoms with E-state index in [-0.39, 0.29) is 29.5 Å². The molecule has 2 aromatic heterocycles. The molecule has 9 heteroatoms. The van der Waals surface area contributed by atoms with Gasteiger partial charge in [-0.1, -0.05) is 26.0 Å². The number of hydrogen-bond acceptors (Lipinski definition) is 6. The molecular weight excluding hydrogens is 445 g/mol. The lowest BCUT2D eigenvalue weighted by atomic mass is 9.71. The number of carboxylic acid groups (broad SMARTS) is 1. The number of hydrogen-bond donors (Lipinski definition) is 2. The summed E-state index contributed by atoms with van der Waals surface area (Å²) in [7, 11) is 0. The maximum atomic E-state index is 15.6. The number of aromatic carboxylic acids is 1. The average Bonchev–Trinajstić information content (AvgIpc) is 3.38. The molecule has 172 valence electrons. The van der Waals surface area contributed by atoms with Crippen molar-refractivity contribution in [3.63, 3.8) is 0 Å². The number of fused-ring (bicyclic) bond motifs is 1. The molecule has 0 bridgehead atoms. The highest BCUT2D eigenvalue weighted by atomic mass is 32.1. The van der Waals surface area contributed by atoms with Crippen LogP contribution in [0.5, 0.6) is 5.75 Å². The largest absolute Gasteiger partial charge is 0.483 e. The number of carbonyl (C=O) groups is 1.